The van der Waals surface area contributed by atoms with E-state index in [-0.39, 0.29) is 41.8 Å². The van der Waals surface area contributed by atoms with E-state index in [4.69, 9.17) is 0 Å². The number of sulfonamides is 1. The van der Waals surface area contributed by atoms with Crippen molar-refractivity contribution in [1.82, 2.24) is 9.21 Å². The van der Waals surface area contributed by atoms with E-state index in [0.717, 1.165) is 12.0 Å². The minimum absolute atomic E-state index is 0.000282. The molecule has 0 N–H and O–H groups in total. The van der Waals surface area contributed by atoms with Crippen molar-refractivity contribution in [1.29, 1.82) is 0 Å². The van der Waals surface area contributed by atoms with E-state index in [1.807, 2.05) is 43.3 Å². The highest BCUT2D eigenvalue weighted by molar-refractivity contribution is 7.91. The minimum atomic E-state index is -3.30. The predicted octanol–water partition coefficient (Wildman–Crippen LogP) is 2.95. The summed E-state index contributed by atoms with van der Waals surface area (Å²) < 4.78 is 49.7. The molecule has 0 aromatic heterocycles. The zero-order chi connectivity index (χ0) is 24.1. The van der Waals surface area contributed by atoms with Gasteiger partial charge < -0.3 is 4.90 Å². The molecule has 2 aliphatic heterocycles. The number of hydrogen-bond donors (Lipinski definition) is 0. The van der Waals surface area contributed by atoms with Crippen molar-refractivity contribution >= 4 is 25.8 Å². The van der Waals surface area contributed by atoms with Gasteiger partial charge in [0.15, 0.2) is 9.84 Å². The summed E-state index contributed by atoms with van der Waals surface area (Å²) in [6, 6.07) is 18.9. The highest BCUT2D eigenvalue weighted by Crippen LogP contribution is 2.28. The lowest BCUT2D eigenvalue weighted by Gasteiger charge is -2.36. The lowest BCUT2D eigenvalue weighted by atomic mass is 10.1. The number of benzene rings is 2. The second kappa shape index (κ2) is 10.8. The molecule has 4 rings (SSSR count). The monoisotopic (exact) mass is 492 g/mol. The summed E-state index contributed by atoms with van der Waals surface area (Å²) in [6.45, 7) is 4.39. The van der Waals surface area contributed by atoms with E-state index >= 15 is 0 Å². The van der Waals surface area contributed by atoms with Gasteiger partial charge in [0.05, 0.1) is 16.8 Å². The molecule has 2 fully saturated rings. The van der Waals surface area contributed by atoms with Crippen LogP contribution in [0, 0.1) is 0 Å². The van der Waals surface area contributed by atoms with Gasteiger partial charge in [-0.1, -0.05) is 48.5 Å². The van der Waals surface area contributed by atoms with Crippen molar-refractivity contribution in [2.24, 2.45) is 0 Å². The maximum Gasteiger partial charge on any atom is 0.253 e. The van der Waals surface area contributed by atoms with Gasteiger partial charge in [0.2, 0.25) is 10.0 Å². The highest BCUT2D eigenvalue weighted by Gasteiger charge is 2.37. The molecular formula is C24H32N2O5S2. The number of nitrogens with zero attached hydrogens (tertiary/aromatic N) is 2. The van der Waals surface area contributed by atoms with Gasteiger partial charge in [-0.3, -0.25) is 4.79 Å². The minimum Gasteiger partial charge on any atom is -0.337 e. The molecule has 9 heteroatoms. The Labute approximate surface area is 197 Å². The van der Waals surface area contributed by atoms with E-state index in [2.05, 4.69) is 0 Å². The van der Waals surface area contributed by atoms with Gasteiger partial charge in [-0.15, -0.1) is 0 Å². The van der Waals surface area contributed by atoms with E-state index < -0.39 is 19.9 Å². The van der Waals surface area contributed by atoms with Crippen molar-refractivity contribution < 1.29 is 21.6 Å². The fraction of sp³-hybridized carbons (Fsp3) is 0.458. The first kappa shape index (κ1) is 25.4. The number of rotatable bonds is 3. The van der Waals surface area contributed by atoms with Crippen LogP contribution in [0.25, 0.3) is 0 Å². The molecule has 0 aliphatic carbocycles. The molecule has 0 spiro atoms. The Morgan fingerprint density at radius 3 is 1.88 bits per heavy atom. The maximum atomic E-state index is 12.6. The molecule has 180 valence electrons. The molecule has 2 aromatic rings. The second-order valence-corrected chi connectivity index (χ2v) is 13.2. The molecule has 2 heterocycles. The smallest absolute Gasteiger partial charge is 0.253 e. The third-order valence-corrected chi connectivity index (χ3v) is 10.2. The molecule has 7 nitrogen and oxygen atoms in total. The largest absolute Gasteiger partial charge is 0.337 e. The third-order valence-electron chi connectivity index (χ3n) is 6.16. The average Bonchev–Trinajstić information content (AvgIpc) is 2.81. The molecule has 2 aliphatic rings. The van der Waals surface area contributed by atoms with Crippen LogP contribution in [0.1, 0.15) is 42.6 Å². The van der Waals surface area contributed by atoms with Gasteiger partial charge in [-0.2, -0.15) is 4.31 Å². The second-order valence-electron chi connectivity index (χ2n) is 8.62. The van der Waals surface area contributed by atoms with Crippen LogP contribution in [0.3, 0.4) is 0 Å². The first-order valence-electron chi connectivity index (χ1n) is 11.2. The van der Waals surface area contributed by atoms with Gasteiger partial charge in [0, 0.05) is 31.2 Å². The zero-order valence-corrected chi connectivity index (χ0v) is 20.8. The summed E-state index contributed by atoms with van der Waals surface area (Å²) in [5.41, 5.74) is 1.32. The van der Waals surface area contributed by atoms with Gasteiger partial charge in [0.25, 0.3) is 5.91 Å². The highest BCUT2D eigenvalue weighted by atomic mass is 32.2. The first-order chi connectivity index (χ1) is 15.6. The molecular weight excluding hydrogens is 460 g/mol. The summed E-state index contributed by atoms with van der Waals surface area (Å²) in [7, 11) is -6.33. The Kier molecular flexibility index (Phi) is 8.31. The summed E-state index contributed by atoms with van der Waals surface area (Å²) in [5.74, 6) is -0.191. The Morgan fingerprint density at radius 2 is 1.36 bits per heavy atom. The fourth-order valence-electron chi connectivity index (χ4n) is 3.91. The Balaban J connectivity index is 0.000000442. The van der Waals surface area contributed by atoms with E-state index in [0.29, 0.717) is 18.5 Å². The molecule has 0 bridgehead atoms. The number of carbonyl (C=O) groups excluding carboxylic acids is 1. The van der Waals surface area contributed by atoms with Crippen LogP contribution in [-0.4, -0.2) is 67.8 Å². The van der Waals surface area contributed by atoms with Crippen LogP contribution in [0.4, 0.5) is 0 Å². The van der Waals surface area contributed by atoms with Gasteiger partial charge in [-0.05, 0) is 44.4 Å². The van der Waals surface area contributed by atoms with Crippen LogP contribution in [-0.2, 0) is 26.4 Å². The Bertz CT molecular complexity index is 1090. The topological polar surface area (TPSA) is 91.8 Å². The molecule has 2 saturated heterocycles. The Hall–Kier alpha value is -2.23. The molecule has 2 aromatic carbocycles. The maximum absolute atomic E-state index is 12.6. The normalized spacial score (nSPS) is 24.4. The first-order valence-corrected chi connectivity index (χ1v) is 14.5. The van der Waals surface area contributed by atoms with E-state index in [1.165, 1.54) is 0 Å². The zero-order valence-electron chi connectivity index (χ0n) is 19.1. The quantitative estimate of drug-likeness (QED) is 0.657. The van der Waals surface area contributed by atoms with Crippen molar-refractivity contribution in [3.63, 3.8) is 0 Å². The van der Waals surface area contributed by atoms with Gasteiger partial charge in [-0.25, -0.2) is 16.8 Å². The van der Waals surface area contributed by atoms with Crippen LogP contribution < -0.4 is 0 Å². The number of carbonyl (C=O) groups is 1. The fourth-order valence-corrected chi connectivity index (χ4v) is 6.95. The molecule has 2 atom stereocenters. The van der Waals surface area contributed by atoms with Crippen molar-refractivity contribution in [3.05, 3.63) is 71.8 Å². The number of sulfone groups is 1. The third kappa shape index (κ3) is 6.65. The summed E-state index contributed by atoms with van der Waals surface area (Å²) in [6.07, 6.45) is 1.52. The molecule has 0 saturated carbocycles. The van der Waals surface area contributed by atoms with Crippen molar-refractivity contribution in [2.45, 2.75) is 44.5 Å². The lowest BCUT2D eigenvalue weighted by molar-refractivity contribution is 0.0770. The van der Waals surface area contributed by atoms with Crippen molar-refractivity contribution in [2.75, 3.05) is 24.6 Å². The van der Waals surface area contributed by atoms with Crippen LogP contribution >= 0.6 is 0 Å². The summed E-state index contributed by atoms with van der Waals surface area (Å²) in [5, 5.41) is -0.370. The van der Waals surface area contributed by atoms with E-state index in [9.17, 15) is 21.6 Å². The average molecular weight is 493 g/mol. The van der Waals surface area contributed by atoms with Gasteiger partial charge in [0.1, 0.15) is 0 Å². The standard InChI is InChI=1S/C18H26N2O5S2.C6H6/c1-14-3-4-15(2)27(24,25)20(14)13-16-5-7-17(8-6-16)18(21)19-9-11-26(22,23)12-10-19;1-2-4-6-5-3-1/h5-8,14-15H,3-4,9-13H2,1-2H3;1-6H/t14-,15?;/m0./s1. The summed E-state index contributed by atoms with van der Waals surface area (Å²) >= 11 is 0. The van der Waals surface area contributed by atoms with Gasteiger partial charge >= 0.3 is 0 Å². The molecule has 1 amide bonds. The molecule has 1 unspecified atom stereocenters. The van der Waals surface area contributed by atoms with Crippen LogP contribution in [0.5, 0.6) is 0 Å². The van der Waals surface area contributed by atoms with Crippen LogP contribution in [0.2, 0.25) is 0 Å². The predicted molar refractivity (Wildman–Crippen MR) is 130 cm³/mol. The number of hydrogen-bond acceptors (Lipinski definition) is 5. The van der Waals surface area contributed by atoms with E-state index in [1.54, 1.807) is 40.4 Å². The Morgan fingerprint density at radius 1 is 0.848 bits per heavy atom. The lowest BCUT2D eigenvalue weighted by Crippen LogP contribution is -2.47. The molecule has 33 heavy (non-hydrogen) atoms. The number of amides is 1. The summed E-state index contributed by atoms with van der Waals surface area (Å²) in [4.78, 5) is 14.1. The van der Waals surface area contributed by atoms with Crippen molar-refractivity contribution in [3.8, 4) is 0 Å². The SMILES string of the molecule is CC1CC[C@H](C)N(Cc2ccc(C(=O)N3CCS(=O)(=O)CC3)cc2)S1(=O)=O.c1ccccc1. The van der Waals surface area contributed by atoms with Crippen LogP contribution in [0.15, 0.2) is 60.7 Å². The molecule has 0 radical (unpaired) electrons.